The predicted octanol–water partition coefficient (Wildman–Crippen LogP) is 3.63. The molecule has 0 aliphatic heterocycles. The van der Waals surface area contributed by atoms with Gasteiger partial charge in [0.05, 0.1) is 36.3 Å². The molecule has 0 aliphatic rings. The van der Waals surface area contributed by atoms with Crippen molar-refractivity contribution in [3.05, 3.63) is 82.7 Å². The van der Waals surface area contributed by atoms with Crippen LogP contribution in [0.4, 0.5) is 0 Å². The fourth-order valence-corrected chi connectivity index (χ4v) is 4.62. The number of aromatic nitrogens is 5. The Balaban J connectivity index is 1.43. The summed E-state index contributed by atoms with van der Waals surface area (Å²) in [4.78, 5) is 18.4. The molecule has 2 N–H and O–H groups in total. The topological polar surface area (TPSA) is 97.3 Å². The normalized spacial score (nSPS) is 12.2. The number of aliphatic hydroxyl groups excluding tert-OH is 1. The minimum absolute atomic E-state index is 0.194. The number of nitrogens with zero attached hydrogens (tertiary/aromatic N) is 5. The molecule has 0 bridgehead atoms. The number of aliphatic hydroxyl groups is 1. The van der Waals surface area contributed by atoms with E-state index >= 15 is 0 Å². The minimum atomic E-state index is -0.491. The Kier molecular flexibility index (Phi) is 5.49. The molecule has 1 atom stereocenters. The van der Waals surface area contributed by atoms with Crippen LogP contribution in [0.15, 0.2) is 67.3 Å². The van der Waals surface area contributed by atoms with Crippen LogP contribution in [0.3, 0.4) is 0 Å². The largest absolute Gasteiger partial charge is 0.394 e. The van der Waals surface area contributed by atoms with Crippen LogP contribution in [0, 0.1) is 6.92 Å². The van der Waals surface area contributed by atoms with Crippen molar-refractivity contribution < 1.29 is 9.90 Å². The highest BCUT2D eigenvalue weighted by molar-refractivity contribution is 7.14. The lowest BCUT2D eigenvalue weighted by molar-refractivity contribution is 0.0916. The van der Waals surface area contributed by atoms with E-state index in [-0.39, 0.29) is 12.5 Å². The van der Waals surface area contributed by atoms with E-state index in [2.05, 4.69) is 20.5 Å². The van der Waals surface area contributed by atoms with Gasteiger partial charge in [-0.05, 0) is 18.6 Å². The van der Waals surface area contributed by atoms with E-state index in [0.717, 1.165) is 38.3 Å². The highest BCUT2D eigenvalue weighted by atomic mass is 32.1. The maximum atomic E-state index is 12.9. The number of aryl methyl sites for hydroxylation is 2. The van der Waals surface area contributed by atoms with Crippen molar-refractivity contribution in [3.63, 3.8) is 0 Å². The van der Waals surface area contributed by atoms with Crippen LogP contribution in [0.25, 0.3) is 27.9 Å². The van der Waals surface area contributed by atoms with Gasteiger partial charge in [-0.1, -0.05) is 36.4 Å². The van der Waals surface area contributed by atoms with Crippen molar-refractivity contribution >= 4 is 22.8 Å². The Morgan fingerprint density at radius 1 is 1.09 bits per heavy atom. The van der Waals surface area contributed by atoms with Gasteiger partial charge in [-0.2, -0.15) is 10.2 Å². The monoisotopic (exact) mass is 458 g/mol. The zero-order valence-electron chi connectivity index (χ0n) is 18.1. The van der Waals surface area contributed by atoms with Gasteiger partial charge in [0.15, 0.2) is 5.01 Å². The molecule has 166 valence electrons. The number of pyridine rings is 1. The van der Waals surface area contributed by atoms with Gasteiger partial charge in [0.1, 0.15) is 0 Å². The SMILES string of the molecule is Cc1sc(C(=O)N[C@H](CO)c2ccccc2)nc1-c1cnn2cc(-c3cnn(C)c3)ccc12. The van der Waals surface area contributed by atoms with Gasteiger partial charge < -0.3 is 10.4 Å². The standard InChI is InChI=1S/C24H22N6O2S/c1-15-22(28-24(33-15)23(32)27-20(14-31)16-6-4-3-5-7-16)19-11-26-30-13-17(8-9-21(19)30)18-10-25-29(2)12-18/h3-13,20,31H,14H2,1-2H3,(H,27,32)/t20-/m1/s1. The summed E-state index contributed by atoms with van der Waals surface area (Å²) in [6.07, 6.45) is 7.50. The Bertz CT molecular complexity index is 1440. The van der Waals surface area contributed by atoms with Gasteiger partial charge in [0.2, 0.25) is 0 Å². The molecule has 9 heteroatoms. The average molecular weight is 459 g/mol. The van der Waals surface area contributed by atoms with Gasteiger partial charge in [-0.15, -0.1) is 11.3 Å². The fraction of sp³-hybridized carbons (Fsp3) is 0.167. The first kappa shape index (κ1) is 21.0. The third-order valence-corrected chi connectivity index (χ3v) is 6.46. The predicted molar refractivity (Wildman–Crippen MR) is 127 cm³/mol. The van der Waals surface area contributed by atoms with E-state index in [1.165, 1.54) is 11.3 Å². The maximum Gasteiger partial charge on any atom is 0.280 e. The van der Waals surface area contributed by atoms with Crippen molar-refractivity contribution in [2.24, 2.45) is 7.05 Å². The van der Waals surface area contributed by atoms with Crippen LogP contribution in [-0.2, 0) is 7.05 Å². The lowest BCUT2D eigenvalue weighted by Gasteiger charge is -2.15. The smallest absolute Gasteiger partial charge is 0.280 e. The van der Waals surface area contributed by atoms with Crippen LogP contribution in [0.2, 0.25) is 0 Å². The first-order valence-corrected chi connectivity index (χ1v) is 11.3. The average Bonchev–Trinajstić information content (AvgIpc) is 3.55. The molecule has 5 rings (SSSR count). The molecule has 4 aromatic heterocycles. The van der Waals surface area contributed by atoms with Crippen molar-refractivity contribution in [3.8, 4) is 22.4 Å². The second kappa shape index (κ2) is 8.61. The third kappa shape index (κ3) is 4.04. The molecule has 0 saturated carbocycles. The van der Waals surface area contributed by atoms with Crippen LogP contribution in [-0.4, -0.2) is 42.0 Å². The number of carbonyl (C=O) groups is 1. The minimum Gasteiger partial charge on any atom is -0.394 e. The van der Waals surface area contributed by atoms with E-state index in [0.29, 0.717) is 5.01 Å². The molecule has 0 spiro atoms. The summed E-state index contributed by atoms with van der Waals surface area (Å²) in [5.41, 5.74) is 5.36. The first-order valence-electron chi connectivity index (χ1n) is 10.4. The van der Waals surface area contributed by atoms with Crippen LogP contribution < -0.4 is 5.32 Å². The number of fused-ring (bicyclic) bond motifs is 1. The lowest BCUT2D eigenvalue weighted by Crippen LogP contribution is -2.30. The molecule has 0 saturated heterocycles. The summed E-state index contributed by atoms with van der Waals surface area (Å²) >= 11 is 1.33. The molecule has 1 aromatic carbocycles. The second-order valence-electron chi connectivity index (χ2n) is 7.75. The summed E-state index contributed by atoms with van der Waals surface area (Å²) in [7, 11) is 1.88. The Labute approximate surface area is 194 Å². The van der Waals surface area contributed by atoms with Crippen LogP contribution in [0.5, 0.6) is 0 Å². The molecule has 33 heavy (non-hydrogen) atoms. The summed E-state index contributed by atoms with van der Waals surface area (Å²) in [6.45, 7) is 1.75. The number of amides is 1. The van der Waals surface area contributed by atoms with Gasteiger partial charge in [-0.25, -0.2) is 9.50 Å². The van der Waals surface area contributed by atoms with Crippen molar-refractivity contribution in [2.75, 3.05) is 6.61 Å². The number of hydrogen-bond acceptors (Lipinski definition) is 6. The van der Waals surface area contributed by atoms with Gasteiger partial charge in [-0.3, -0.25) is 9.48 Å². The molecule has 0 aliphatic carbocycles. The number of carbonyl (C=O) groups excluding carboxylic acids is 1. The fourth-order valence-electron chi connectivity index (χ4n) is 3.79. The van der Waals surface area contributed by atoms with Crippen LogP contribution in [0.1, 0.15) is 26.3 Å². The molecule has 1 amide bonds. The molecule has 0 radical (unpaired) electrons. The molecule has 0 unspecified atom stereocenters. The number of thiazole rings is 1. The molecular formula is C24H22N6O2S. The number of nitrogens with one attached hydrogen (secondary N) is 1. The van der Waals surface area contributed by atoms with E-state index in [1.54, 1.807) is 10.9 Å². The van der Waals surface area contributed by atoms with Crippen molar-refractivity contribution in [2.45, 2.75) is 13.0 Å². The van der Waals surface area contributed by atoms with Gasteiger partial charge in [0.25, 0.3) is 5.91 Å². The second-order valence-corrected chi connectivity index (χ2v) is 8.95. The van der Waals surface area contributed by atoms with Gasteiger partial charge >= 0.3 is 0 Å². The van der Waals surface area contributed by atoms with Crippen LogP contribution >= 0.6 is 11.3 Å². The molecule has 8 nitrogen and oxygen atoms in total. The third-order valence-electron chi connectivity index (χ3n) is 5.49. The Hall–Kier alpha value is -3.82. The summed E-state index contributed by atoms with van der Waals surface area (Å²) in [5, 5.41) is 21.7. The highest BCUT2D eigenvalue weighted by Crippen LogP contribution is 2.32. The summed E-state index contributed by atoms with van der Waals surface area (Å²) in [6, 6.07) is 12.9. The van der Waals surface area contributed by atoms with E-state index < -0.39 is 6.04 Å². The maximum absolute atomic E-state index is 12.9. The molecule has 0 fully saturated rings. The van der Waals surface area contributed by atoms with Gasteiger partial charge in [0, 0.05) is 41.0 Å². The number of hydrogen-bond donors (Lipinski definition) is 2. The first-order chi connectivity index (χ1) is 16.0. The quantitative estimate of drug-likeness (QED) is 0.405. The summed E-state index contributed by atoms with van der Waals surface area (Å²) in [5.74, 6) is -0.312. The molecule has 4 heterocycles. The zero-order chi connectivity index (χ0) is 22.9. The number of benzene rings is 1. The number of rotatable bonds is 6. The van der Waals surface area contributed by atoms with Crippen molar-refractivity contribution in [1.82, 2.24) is 29.7 Å². The zero-order valence-corrected chi connectivity index (χ0v) is 19.0. The molecule has 5 aromatic rings. The summed E-state index contributed by atoms with van der Waals surface area (Å²) < 4.78 is 3.58. The van der Waals surface area contributed by atoms with E-state index in [9.17, 15) is 9.90 Å². The van der Waals surface area contributed by atoms with E-state index in [1.807, 2.05) is 79.5 Å². The Morgan fingerprint density at radius 3 is 2.64 bits per heavy atom. The lowest BCUT2D eigenvalue weighted by atomic mass is 10.1. The van der Waals surface area contributed by atoms with E-state index in [4.69, 9.17) is 0 Å². The highest BCUT2D eigenvalue weighted by Gasteiger charge is 2.21. The Morgan fingerprint density at radius 2 is 1.91 bits per heavy atom. The van der Waals surface area contributed by atoms with Crippen molar-refractivity contribution in [1.29, 1.82) is 0 Å². The molecular weight excluding hydrogens is 436 g/mol.